The van der Waals surface area contributed by atoms with Gasteiger partial charge in [-0.3, -0.25) is 4.79 Å². The topological polar surface area (TPSA) is 53.1 Å². The summed E-state index contributed by atoms with van der Waals surface area (Å²) < 4.78 is 0.694. The first-order valence-electron chi connectivity index (χ1n) is 8.87. The molecule has 2 N–H and O–H groups in total. The summed E-state index contributed by atoms with van der Waals surface area (Å²) in [6, 6.07) is 12.1. The SMILES string of the molecule is CC[C@H](C)c1ccc(-c2c(O)cc(C)c3[nH]c(=O)c4sccc4c23)cc1. The second-order valence-corrected chi connectivity index (χ2v) is 7.80. The van der Waals surface area contributed by atoms with Gasteiger partial charge in [-0.15, -0.1) is 11.3 Å². The molecule has 26 heavy (non-hydrogen) atoms. The van der Waals surface area contributed by atoms with Crippen molar-refractivity contribution in [2.24, 2.45) is 0 Å². The van der Waals surface area contributed by atoms with E-state index in [2.05, 4.69) is 43.1 Å². The first-order valence-corrected chi connectivity index (χ1v) is 9.75. The number of hydrogen-bond acceptors (Lipinski definition) is 3. The minimum Gasteiger partial charge on any atom is -0.507 e. The van der Waals surface area contributed by atoms with Crippen molar-refractivity contribution in [3.05, 3.63) is 63.3 Å². The molecular weight excluding hydrogens is 342 g/mol. The summed E-state index contributed by atoms with van der Waals surface area (Å²) in [5.74, 6) is 0.748. The average Bonchev–Trinajstić information content (AvgIpc) is 3.13. The van der Waals surface area contributed by atoms with E-state index >= 15 is 0 Å². The zero-order valence-corrected chi connectivity index (χ0v) is 15.9. The number of nitrogens with one attached hydrogen (secondary N) is 1. The highest BCUT2D eigenvalue weighted by atomic mass is 32.1. The fraction of sp³-hybridized carbons (Fsp3) is 0.227. The molecule has 0 aliphatic carbocycles. The van der Waals surface area contributed by atoms with Crippen LogP contribution >= 0.6 is 11.3 Å². The number of phenolic OH excluding ortho intramolecular Hbond substituents is 1. The number of rotatable bonds is 3. The van der Waals surface area contributed by atoms with Gasteiger partial charge in [0.1, 0.15) is 10.4 Å². The Labute approximate surface area is 155 Å². The Morgan fingerprint density at radius 2 is 1.92 bits per heavy atom. The van der Waals surface area contributed by atoms with Crippen molar-refractivity contribution in [3.8, 4) is 16.9 Å². The van der Waals surface area contributed by atoms with E-state index in [0.717, 1.165) is 39.4 Å². The van der Waals surface area contributed by atoms with Gasteiger partial charge in [0.25, 0.3) is 5.56 Å². The highest BCUT2D eigenvalue weighted by Crippen LogP contribution is 2.41. The molecule has 4 aromatic rings. The maximum Gasteiger partial charge on any atom is 0.266 e. The van der Waals surface area contributed by atoms with Gasteiger partial charge in [-0.25, -0.2) is 0 Å². The van der Waals surface area contributed by atoms with Crippen molar-refractivity contribution in [2.45, 2.75) is 33.1 Å². The van der Waals surface area contributed by atoms with E-state index in [4.69, 9.17) is 0 Å². The minimum absolute atomic E-state index is 0.0747. The van der Waals surface area contributed by atoms with Gasteiger partial charge in [0.15, 0.2) is 0 Å². The predicted molar refractivity (Wildman–Crippen MR) is 110 cm³/mol. The fourth-order valence-corrected chi connectivity index (χ4v) is 4.38. The zero-order chi connectivity index (χ0) is 18.4. The van der Waals surface area contributed by atoms with Crippen molar-refractivity contribution in [1.29, 1.82) is 0 Å². The molecule has 3 nitrogen and oxygen atoms in total. The predicted octanol–water partition coefficient (Wildman–Crippen LogP) is 5.94. The molecule has 0 aliphatic rings. The molecule has 2 heterocycles. The largest absolute Gasteiger partial charge is 0.507 e. The summed E-state index contributed by atoms with van der Waals surface area (Å²) in [6.07, 6.45) is 1.09. The first-order chi connectivity index (χ1) is 12.5. The number of phenols is 1. The standard InChI is InChI=1S/C22H21NO2S/c1-4-12(2)14-5-7-15(8-6-14)18-17(24)11-13(3)20-19(18)16-9-10-26-21(16)22(25)23-20/h5-12,24H,4H2,1-3H3,(H,23,25)/t12-/m0/s1. The fourth-order valence-electron chi connectivity index (χ4n) is 3.59. The lowest BCUT2D eigenvalue weighted by Gasteiger charge is -2.14. The van der Waals surface area contributed by atoms with Crippen molar-refractivity contribution in [3.63, 3.8) is 0 Å². The first kappa shape index (κ1) is 16.9. The number of H-pyrrole nitrogens is 1. The molecule has 1 atom stereocenters. The average molecular weight is 363 g/mol. The molecule has 0 aliphatic heterocycles. The smallest absolute Gasteiger partial charge is 0.266 e. The highest BCUT2D eigenvalue weighted by molar-refractivity contribution is 7.17. The molecule has 0 bridgehead atoms. The van der Waals surface area contributed by atoms with E-state index in [1.165, 1.54) is 16.9 Å². The normalized spacial score (nSPS) is 12.7. The second kappa shape index (κ2) is 6.29. The van der Waals surface area contributed by atoms with E-state index in [1.54, 1.807) is 6.07 Å². The summed E-state index contributed by atoms with van der Waals surface area (Å²) in [7, 11) is 0. The third-order valence-electron chi connectivity index (χ3n) is 5.26. The van der Waals surface area contributed by atoms with Crippen LogP contribution in [0, 0.1) is 6.92 Å². The number of hydrogen-bond donors (Lipinski definition) is 2. The van der Waals surface area contributed by atoms with Crippen LogP contribution in [-0.2, 0) is 0 Å². The second-order valence-electron chi connectivity index (χ2n) is 6.89. The van der Waals surface area contributed by atoms with E-state index in [1.807, 2.05) is 18.4 Å². The van der Waals surface area contributed by atoms with Crippen molar-refractivity contribution in [2.75, 3.05) is 0 Å². The quantitative estimate of drug-likeness (QED) is 0.473. The summed E-state index contributed by atoms with van der Waals surface area (Å²) in [5.41, 5.74) is 4.61. The molecule has 4 rings (SSSR count). The Morgan fingerprint density at radius 1 is 1.19 bits per heavy atom. The Bertz CT molecular complexity index is 1170. The summed E-state index contributed by atoms with van der Waals surface area (Å²) >= 11 is 1.43. The third-order valence-corrected chi connectivity index (χ3v) is 6.18. The van der Waals surface area contributed by atoms with Crippen molar-refractivity contribution in [1.82, 2.24) is 4.98 Å². The van der Waals surface area contributed by atoms with E-state index in [-0.39, 0.29) is 11.3 Å². The van der Waals surface area contributed by atoms with Crippen LogP contribution in [0.3, 0.4) is 0 Å². The number of aromatic nitrogens is 1. The molecule has 2 aromatic carbocycles. The molecule has 132 valence electrons. The van der Waals surface area contributed by atoms with Gasteiger partial charge in [-0.1, -0.05) is 38.1 Å². The van der Waals surface area contributed by atoms with Crippen LogP contribution < -0.4 is 5.56 Å². The lowest BCUT2D eigenvalue weighted by molar-refractivity contribution is 0.477. The molecule has 0 unspecified atom stereocenters. The molecule has 4 heteroatoms. The van der Waals surface area contributed by atoms with Crippen LogP contribution in [0.1, 0.15) is 37.3 Å². The number of aromatic amines is 1. The van der Waals surface area contributed by atoms with E-state index in [9.17, 15) is 9.90 Å². The number of fused-ring (bicyclic) bond motifs is 3. The Balaban J connectivity index is 2.06. The summed E-state index contributed by atoms with van der Waals surface area (Å²) in [5, 5.41) is 14.5. The maximum absolute atomic E-state index is 12.4. The number of pyridine rings is 1. The molecule has 0 saturated carbocycles. The lowest BCUT2D eigenvalue weighted by atomic mass is 9.92. The van der Waals surface area contributed by atoms with Crippen LogP contribution in [0.5, 0.6) is 5.75 Å². The lowest BCUT2D eigenvalue weighted by Crippen LogP contribution is -2.05. The Kier molecular flexibility index (Phi) is 4.08. The monoisotopic (exact) mass is 363 g/mol. The Hall–Kier alpha value is -2.59. The van der Waals surface area contributed by atoms with Gasteiger partial charge in [0.05, 0.1) is 5.52 Å². The van der Waals surface area contributed by atoms with Gasteiger partial charge in [-0.05, 0) is 53.5 Å². The van der Waals surface area contributed by atoms with Crippen LogP contribution in [0.25, 0.3) is 32.1 Å². The van der Waals surface area contributed by atoms with Gasteiger partial charge in [-0.2, -0.15) is 0 Å². The maximum atomic E-state index is 12.4. The number of benzene rings is 2. The molecule has 0 spiro atoms. The Morgan fingerprint density at radius 3 is 2.62 bits per heavy atom. The van der Waals surface area contributed by atoms with Crippen LogP contribution in [0.2, 0.25) is 0 Å². The molecule has 0 amide bonds. The third kappa shape index (κ3) is 2.53. The van der Waals surface area contributed by atoms with Crippen LogP contribution in [-0.4, -0.2) is 10.1 Å². The van der Waals surface area contributed by atoms with Crippen LogP contribution in [0.4, 0.5) is 0 Å². The van der Waals surface area contributed by atoms with Crippen LogP contribution in [0.15, 0.2) is 46.6 Å². The van der Waals surface area contributed by atoms with E-state index < -0.39 is 0 Å². The number of aromatic hydroxyl groups is 1. The highest BCUT2D eigenvalue weighted by Gasteiger charge is 2.17. The number of aryl methyl sites for hydroxylation is 1. The van der Waals surface area contributed by atoms with Gasteiger partial charge in [0, 0.05) is 16.3 Å². The van der Waals surface area contributed by atoms with E-state index in [0.29, 0.717) is 10.6 Å². The van der Waals surface area contributed by atoms with Crippen molar-refractivity contribution < 1.29 is 5.11 Å². The molecule has 0 radical (unpaired) electrons. The van der Waals surface area contributed by atoms with Gasteiger partial charge < -0.3 is 10.1 Å². The van der Waals surface area contributed by atoms with Gasteiger partial charge in [0.2, 0.25) is 0 Å². The summed E-state index contributed by atoms with van der Waals surface area (Å²) in [6.45, 7) is 6.31. The summed E-state index contributed by atoms with van der Waals surface area (Å²) in [4.78, 5) is 15.4. The minimum atomic E-state index is -0.0747. The number of thiophene rings is 1. The molecule has 0 fully saturated rings. The zero-order valence-electron chi connectivity index (χ0n) is 15.1. The van der Waals surface area contributed by atoms with Crippen molar-refractivity contribution >= 4 is 32.3 Å². The molecular formula is C22H21NO2S. The van der Waals surface area contributed by atoms with Gasteiger partial charge >= 0.3 is 0 Å². The molecule has 0 saturated heterocycles. The molecule has 2 aromatic heterocycles.